The number of hydrogen-bond donors (Lipinski definition) is 0. The van der Waals surface area contributed by atoms with E-state index in [4.69, 9.17) is 16.3 Å². The van der Waals surface area contributed by atoms with Gasteiger partial charge in [-0.2, -0.15) is 0 Å². The first-order chi connectivity index (χ1) is 12.6. The molecule has 0 aliphatic carbocycles. The van der Waals surface area contributed by atoms with Gasteiger partial charge in [-0.3, -0.25) is 14.6 Å². The van der Waals surface area contributed by atoms with Gasteiger partial charge in [0.2, 0.25) is 0 Å². The molecule has 1 aliphatic rings. The van der Waals surface area contributed by atoms with Crippen LogP contribution in [-0.2, 0) is 0 Å². The Hall–Kier alpha value is -2.60. The highest BCUT2D eigenvalue weighted by Crippen LogP contribution is 2.25. The molecule has 0 saturated carbocycles. The van der Waals surface area contributed by atoms with Gasteiger partial charge in [-0.1, -0.05) is 17.7 Å². The molecule has 0 radical (unpaired) electrons. The lowest BCUT2D eigenvalue weighted by Crippen LogP contribution is -2.37. The Kier molecular flexibility index (Phi) is 5.73. The van der Waals surface area contributed by atoms with E-state index in [1.807, 2.05) is 0 Å². The average molecular weight is 374 g/mol. The van der Waals surface area contributed by atoms with Crippen molar-refractivity contribution in [1.82, 2.24) is 14.8 Å². The van der Waals surface area contributed by atoms with Gasteiger partial charge in [0, 0.05) is 37.9 Å². The number of aromatic nitrogens is 1. The first-order valence-corrected chi connectivity index (χ1v) is 8.81. The van der Waals surface area contributed by atoms with Gasteiger partial charge in [-0.15, -0.1) is 0 Å². The maximum atomic E-state index is 12.8. The molecule has 0 N–H and O–H groups in total. The number of amides is 2. The SMILES string of the molecule is COc1ccc(C(=O)N2CCCN(C(=O)c3ccccn3)CC2)cc1Cl. The molecule has 1 fully saturated rings. The standard InChI is InChI=1S/C19H20ClN3O3/c1-26-17-7-6-14(13-15(17)20)18(24)22-9-4-10-23(12-11-22)19(25)16-5-2-3-8-21-16/h2-3,5-8,13H,4,9-12H2,1H3. The number of ether oxygens (including phenoxy) is 1. The first kappa shape index (κ1) is 18.2. The van der Waals surface area contributed by atoms with Crippen molar-refractivity contribution in [3.05, 3.63) is 58.9 Å². The van der Waals surface area contributed by atoms with Crippen LogP contribution in [0, 0.1) is 0 Å². The lowest BCUT2D eigenvalue weighted by Gasteiger charge is -2.22. The van der Waals surface area contributed by atoms with Gasteiger partial charge in [0.25, 0.3) is 11.8 Å². The van der Waals surface area contributed by atoms with Gasteiger partial charge in [-0.25, -0.2) is 0 Å². The van der Waals surface area contributed by atoms with Crippen LogP contribution in [0.3, 0.4) is 0 Å². The van der Waals surface area contributed by atoms with Crippen molar-refractivity contribution in [2.24, 2.45) is 0 Å². The minimum Gasteiger partial charge on any atom is -0.495 e. The third kappa shape index (κ3) is 3.96. The molecule has 0 unspecified atom stereocenters. The fourth-order valence-corrected chi connectivity index (χ4v) is 3.21. The fourth-order valence-electron chi connectivity index (χ4n) is 2.96. The van der Waals surface area contributed by atoms with Crippen molar-refractivity contribution < 1.29 is 14.3 Å². The highest BCUT2D eigenvalue weighted by atomic mass is 35.5. The van der Waals surface area contributed by atoms with Crippen molar-refractivity contribution in [3.63, 3.8) is 0 Å². The normalized spacial score (nSPS) is 14.7. The second-order valence-electron chi connectivity index (χ2n) is 6.00. The van der Waals surface area contributed by atoms with Crippen molar-refractivity contribution in [2.75, 3.05) is 33.3 Å². The zero-order chi connectivity index (χ0) is 18.5. The van der Waals surface area contributed by atoms with Gasteiger partial charge < -0.3 is 14.5 Å². The highest BCUT2D eigenvalue weighted by Gasteiger charge is 2.24. The van der Waals surface area contributed by atoms with Crippen LogP contribution in [-0.4, -0.2) is 59.9 Å². The molecular weight excluding hydrogens is 354 g/mol. The van der Waals surface area contributed by atoms with Crippen molar-refractivity contribution in [2.45, 2.75) is 6.42 Å². The third-order valence-electron chi connectivity index (χ3n) is 4.35. The van der Waals surface area contributed by atoms with E-state index in [0.29, 0.717) is 54.6 Å². The van der Waals surface area contributed by atoms with Crippen molar-refractivity contribution >= 4 is 23.4 Å². The van der Waals surface area contributed by atoms with E-state index in [9.17, 15) is 9.59 Å². The van der Waals surface area contributed by atoms with E-state index in [1.54, 1.807) is 52.4 Å². The summed E-state index contributed by atoms with van der Waals surface area (Å²) in [6.07, 6.45) is 2.32. The Labute approximate surface area is 157 Å². The van der Waals surface area contributed by atoms with E-state index in [2.05, 4.69) is 4.98 Å². The number of pyridine rings is 1. The Balaban J connectivity index is 1.67. The molecule has 1 saturated heterocycles. The summed E-state index contributed by atoms with van der Waals surface area (Å²) in [5.41, 5.74) is 0.939. The lowest BCUT2D eigenvalue weighted by molar-refractivity contribution is 0.0715. The van der Waals surface area contributed by atoms with Crippen LogP contribution in [0.15, 0.2) is 42.6 Å². The van der Waals surface area contributed by atoms with Crippen LogP contribution < -0.4 is 4.74 Å². The molecule has 2 aromatic rings. The molecule has 26 heavy (non-hydrogen) atoms. The summed E-state index contributed by atoms with van der Waals surface area (Å²) in [5.74, 6) is 0.334. The second-order valence-corrected chi connectivity index (χ2v) is 6.41. The Morgan fingerprint density at radius 1 is 1.04 bits per heavy atom. The molecule has 0 bridgehead atoms. The zero-order valence-electron chi connectivity index (χ0n) is 14.5. The Morgan fingerprint density at radius 2 is 1.77 bits per heavy atom. The number of rotatable bonds is 3. The number of benzene rings is 1. The maximum absolute atomic E-state index is 12.8. The van der Waals surface area contributed by atoms with E-state index < -0.39 is 0 Å². The topological polar surface area (TPSA) is 62.7 Å². The molecule has 1 aromatic heterocycles. The summed E-state index contributed by atoms with van der Waals surface area (Å²) in [4.78, 5) is 32.9. The van der Waals surface area contributed by atoms with Crippen LogP contribution in [0.4, 0.5) is 0 Å². The summed E-state index contributed by atoms with van der Waals surface area (Å²) < 4.78 is 5.12. The van der Waals surface area contributed by atoms with Crippen LogP contribution in [0.5, 0.6) is 5.75 Å². The van der Waals surface area contributed by atoms with E-state index >= 15 is 0 Å². The average Bonchev–Trinajstić information content (AvgIpc) is 2.93. The minimum atomic E-state index is -0.104. The van der Waals surface area contributed by atoms with Crippen molar-refractivity contribution in [3.8, 4) is 5.75 Å². The molecule has 136 valence electrons. The summed E-state index contributed by atoms with van der Waals surface area (Å²) in [6.45, 7) is 2.14. The molecular formula is C19H20ClN3O3. The van der Waals surface area contributed by atoms with E-state index in [1.165, 1.54) is 7.11 Å². The van der Waals surface area contributed by atoms with Crippen LogP contribution in [0.25, 0.3) is 0 Å². The lowest BCUT2D eigenvalue weighted by atomic mass is 10.2. The fraction of sp³-hybridized carbons (Fsp3) is 0.316. The number of halogens is 1. The smallest absolute Gasteiger partial charge is 0.272 e. The molecule has 0 spiro atoms. The quantitative estimate of drug-likeness (QED) is 0.829. The molecule has 1 aromatic carbocycles. The molecule has 2 amide bonds. The number of hydrogen-bond acceptors (Lipinski definition) is 4. The summed E-state index contributed by atoms with van der Waals surface area (Å²) in [7, 11) is 1.53. The maximum Gasteiger partial charge on any atom is 0.272 e. The minimum absolute atomic E-state index is 0.0957. The monoisotopic (exact) mass is 373 g/mol. The van der Waals surface area contributed by atoms with Gasteiger partial charge in [0.1, 0.15) is 11.4 Å². The van der Waals surface area contributed by atoms with Crippen LogP contribution >= 0.6 is 11.6 Å². The molecule has 1 aliphatic heterocycles. The van der Waals surface area contributed by atoms with E-state index in [-0.39, 0.29) is 11.8 Å². The Morgan fingerprint density at radius 3 is 2.38 bits per heavy atom. The number of carbonyl (C=O) groups excluding carboxylic acids is 2. The number of methoxy groups -OCH3 is 1. The van der Waals surface area contributed by atoms with Gasteiger partial charge in [-0.05, 0) is 36.8 Å². The zero-order valence-corrected chi connectivity index (χ0v) is 15.3. The predicted molar refractivity (Wildman–Crippen MR) is 98.7 cm³/mol. The largest absolute Gasteiger partial charge is 0.495 e. The van der Waals surface area contributed by atoms with E-state index in [0.717, 1.165) is 0 Å². The number of nitrogens with zero attached hydrogens (tertiary/aromatic N) is 3. The Bertz CT molecular complexity index is 798. The third-order valence-corrected chi connectivity index (χ3v) is 4.65. The summed E-state index contributed by atoms with van der Waals surface area (Å²) in [6, 6.07) is 10.3. The van der Waals surface area contributed by atoms with Crippen molar-refractivity contribution in [1.29, 1.82) is 0 Å². The molecule has 6 nitrogen and oxygen atoms in total. The van der Waals surface area contributed by atoms with Gasteiger partial charge >= 0.3 is 0 Å². The molecule has 3 rings (SSSR count). The number of carbonyl (C=O) groups is 2. The van der Waals surface area contributed by atoms with Gasteiger partial charge in [0.05, 0.1) is 12.1 Å². The highest BCUT2D eigenvalue weighted by molar-refractivity contribution is 6.32. The molecule has 7 heteroatoms. The van der Waals surface area contributed by atoms with Crippen LogP contribution in [0.1, 0.15) is 27.3 Å². The summed E-state index contributed by atoms with van der Waals surface area (Å²) >= 11 is 6.12. The second kappa shape index (κ2) is 8.19. The molecule has 2 heterocycles. The van der Waals surface area contributed by atoms with Gasteiger partial charge in [0.15, 0.2) is 0 Å². The molecule has 0 atom stereocenters. The van der Waals surface area contributed by atoms with Crippen LogP contribution in [0.2, 0.25) is 5.02 Å². The predicted octanol–water partition coefficient (Wildman–Crippen LogP) is 2.73. The summed E-state index contributed by atoms with van der Waals surface area (Å²) in [5, 5.41) is 0.403. The first-order valence-electron chi connectivity index (χ1n) is 8.43.